The van der Waals surface area contributed by atoms with Gasteiger partial charge in [-0.2, -0.15) is 0 Å². The maximum absolute atomic E-state index is 12.1. The zero-order valence-corrected chi connectivity index (χ0v) is 13.5. The predicted octanol–water partition coefficient (Wildman–Crippen LogP) is 0.966. The van der Waals surface area contributed by atoms with E-state index in [2.05, 4.69) is 10.0 Å². The average molecular weight is 328 g/mol. The Labute approximate surface area is 129 Å². The minimum absolute atomic E-state index is 0.0515. The van der Waals surface area contributed by atoms with Crippen molar-refractivity contribution in [2.75, 3.05) is 0 Å². The number of sulfonamides is 1. The molecule has 0 aliphatic carbocycles. The van der Waals surface area contributed by atoms with Crippen LogP contribution in [0, 0.1) is 0 Å². The molecule has 7 nitrogen and oxygen atoms in total. The van der Waals surface area contributed by atoms with Crippen molar-refractivity contribution in [1.29, 1.82) is 0 Å². The lowest BCUT2D eigenvalue weighted by atomic mass is 10.2. The van der Waals surface area contributed by atoms with E-state index >= 15 is 0 Å². The van der Waals surface area contributed by atoms with Crippen molar-refractivity contribution in [2.45, 2.75) is 44.2 Å². The summed E-state index contributed by atoms with van der Waals surface area (Å²) < 4.78 is 26.6. The lowest BCUT2D eigenvalue weighted by molar-refractivity contribution is -0.138. The van der Waals surface area contributed by atoms with Gasteiger partial charge in [0.05, 0.1) is 4.90 Å². The largest absolute Gasteiger partial charge is 0.480 e. The van der Waals surface area contributed by atoms with E-state index in [1.807, 2.05) is 6.92 Å². The van der Waals surface area contributed by atoms with Crippen LogP contribution in [0.2, 0.25) is 0 Å². The summed E-state index contributed by atoms with van der Waals surface area (Å²) in [5.41, 5.74) is 0.190. The van der Waals surface area contributed by atoms with E-state index in [0.29, 0.717) is 6.42 Å². The molecule has 0 spiro atoms. The molecular weight excluding hydrogens is 308 g/mol. The first-order valence-electron chi connectivity index (χ1n) is 6.83. The van der Waals surface area contributed by atoms with Gasteiger partial charge >= 0.3 is 5.97 Å². The van der Waals surface area contributed by atoms with E-state index in [4.69, 9.17) is 5.11 Å². The van der Waals surface area contributed by atoms with Crippen LogP contribution in [0.3, 0.4) is 0 Å². The molecule has 1 unspecified atom stereocenters. The molecule has 0 radical (unpaired) electrons. The maximum Gasteiger partial charge on any atom is 0.325 e. The van der Waals surface area contributed by atoms with E-state index in [1.54, 1.807) is 6.92 Å². The van der Waals surface area contributed by atoms with Crippen LogP contribution in [-0.2, 0) is 14.8 Å². The van der Waals surface area contributed by atoms with Crippen molar-refractivity contribution in [3.63, 3.8) is 0 Å². The predicted molar refractivity (Wildman–Crippen MR) is 81.1 cm³/mol. The second kappa shape index (κ2) is 7.37. The molecule has 22 heavy (non-hydrogen) atoms. The summed E-state index contributed by atoms with van der Waals surface area (Å²) in [5, 5.41) is 11.0. The van der Waals surface area contributed by atoms with Crippen molar-refractivity contribution >= 4 is 21.9 Å². The van der Waals surface area contributed by atoms with Gasteiger partial charge in [0, 0.05) is 11.6 Å². The Morgan fingerprint density at radius 1 is 1.18 bits per heavy atom. The van der Waals surface area contributed by atoms with Crippen molar-refractivity contribution in [3.05, 3.63) is 29.8 Å². The van der Waals surface area contributed by atoms with Crippen LogP contribution in [0.15, 0.2) is 29.2 Å². The third-order valence-electron chi connectivity index (χ3n) is 3.11. The molecule has 0 aromatic heterocycles. The highest BCUT2D eigenvalue weighted by Gasteiger charge is 2.18. The molecule has 1 aromatic carbocycles. The van der Waals surface area contributed by atoms with Crippen LogP contribution >= 0.6 is 0 Å². The Morgan fingerprint density at radius 2 is 1.73 bits per heavy atom. The van der Waals surface area contributed by atoms with E-state index in [-0.39, 0.29) is 16.5 Å². The van der Waals surface area contributed by atoms with Gasteiger partial charge < -0.3 is 10.4 Å². The Morgan fingerprint density at radius 3 is 2.18 bits per heavy atom. The smallest absolute Gasteiger partial charge is 0.325 e. The van der Waals surface area contributed by atoms with Gasteiger partial charge in [-0.05, 0) is 44.5 Å². The molecule has 0 aliphatic rings. The molecule has 0 saturated carbocycles. The zero-order chi connectivity index (χ0) is 16.9. The van der Waals surface area contributed by atoms with Crippen LogP contribution in [0.1, 0.15) is 37.6 Å². The monoisotopic (exact) mass is 328 g/mol. The van der Waals surface area contributed by atoms with Crippen molar-refractivity contribution in [3.8, 4) is 0 Å². The molecule has 0 saturated heterocycles. The second-order valence-electron chi connectivity index (χ2n) is 4.99. The summed E-state index contributed by atoms with van der Waals surface area (Å²) in [6.07, 6.45) is 0.660. The fraction of sp³-hybridized carbons (Fsp3) is 0.429. The average Bonchev–Trinajstić information content (AvgIpc) is 2.46. The molecule has 2 atom stereocenters. The van der Waals surface area contributed by atoms with Gasteiger partial charge in [0.15, 0.2) is 0 Å². The summed E-state index contributed by atoms with van der Waals surface area (Å²) in [6.45, 7) is 4.96. The lowest BCUT2D eigenvalue weighted by Gasteiger charge is -2.13. The van der Waals surface area contributed by atoms with E-state index in [9.17, 15) is 18.0 Å². The Balaban J connectivity index is 2.86. The first-order valence-corrected chi connectivity index (χ1v) is 8.31. The standard InChI is InChI=1S/C14H20N2O5S/c1-4-9(2)16-22(20,21)12-7-5-11(6-8-12)13(17)15-10(3)14(18)19/h5-10,16H,4H2,1-3H3,(H,15,17)(H,18,19)/t9?,10-/m1/s1. The molecule has 0 fully saturated rings. The number of carboxylic acids is 1. The molecule has 0 aliphatic heterocycles. The van der Waals surface area contributed by atoms with Crippen LogP contribution in [0.25, 0.3) is 0 Å². The molecule has 122 valence electrons. The van der Waals surface area contributed by atoms with Gasteiger partial charge in [-0.1, -0.05) is 6.92 Å². The molecule has 1 aromatic rings. The third kappa shape index (κ3) is 4.81. The third-order valence-corrected chi connectivity index (χ3v) is 4.72. The Kier molecular flexibility index (Phi) is 6.07. The molecule has 1 amide bonds. The normalized spacial score (nSPS) is 14.1. The molecule has 8 heteroatoms. The fourth-order valence-corrected chi connectivity index (χ4v) is 2.87. The molecule has 0 heterocycles. The number of nitrogens with one attached hydrogen (secondary N) is 2. The Hall–Kier alpha value is -1.93. The van der Waals surface area contributed by atoms with Crippen LogP contribution in [-0.4, -0.2) is 37.5 Å². The summed E-state index contributed by atoms with van der Waals surface area (Å²) >= 11 is 0. The number of hydrogen-bond donors (Lipinski definition) is 3. The van der Waals surface area contributed by atoms with E-state index in [0.717, 1.165) is 0 Å². The summed E-state index contributed by atoms with van der Waals surface area (Å²) in [7, 11) is -3.63. The van der Waals surface area contributed by atoms with Gasteiger partial charge in [-0.25, -0.2) is 13.1 Å². The van der Waals surface area contributed by atoms with E-state index < -0.39 is 27.9 Å². The highest BCUT2D eigenvalue weighted by molar-refractivity contribution is 7.89. The molecule has 0 bridgehead atoms. The summed E-state index contributed by atoms with van der Waals surface area (Å²) in [5.74, 6) is -1.72. The van der Waals surface area contributed by atoms with Gasteiger partial charge in [0.2, 0.25) is 10.0 Å². The van der Waals surface area contributed by atoms with Gasteiger partial charge in [-0.3, -0.25) is 9.59 Å². The lowest BCUT2D eigenvalue weighted by Crippen LogP contribution is -2.38. The number of carbonyl (C=O) groups is 2. The molecule has 3 N–H and O–H groups in total. The number of amides is 1. The quantitative estimate of drug-likeness (QED) is 0.690. The molecule has 1 rings (SSSR count). The number of hydrogen-bond acceptors (Lipinski definition) is 4. The number of aliphatic carboxylic acids is 1. The van der Waals surface area contributed by atoms with Gasteiger partial charge in [0.1, 0.15) is 6.04 Å². The van der Waals surface area contributed by atoms with E-state index in [1.165, 1.54) is 31.2 Å². The second-order valence-corrected chi connectivity index (χ2v) is 6.70. The summed E-state index contributed by atoms with van der Waals surface area (Å²) in [4.78, 5) is 22.5. The topological polar surface area (TPSA) is 113 Å². The molecular formula is C14H20N2O5S. The van der Waals surface area contributed by atoms with Crippen molar-refractivity contribution in [1.82, 2.24) is 10.0 Å². The minimum Gasteiger partial charge on any atom is -0.480 e. The van der Waals surface area contributed by atoms with Crippen LogP contribution < -0.4 is 10.0 Å². The Bertz CT molecular complexity index is 640. The van der Waals surface area contributed by atoms with Crippen molar-refractivity contribution < 1.29 is 23.1 Å². The highest BCUT2D eigenvalue weighted by atomic mass is 32.2. The zero-order valence-electron chi connectivity index (χ0n) is 12.7. The number of rotatable bonds is 7. The number of carboxylic acid groups (broad SMARTS) is 1. The first kappa shape index (κ1) is 18.1. The highest BCUT2D eigenvalue weighted by Crippen LogP contribution is 2.12. The van der Waals surface area contributed by atoms with Crippen molar-refractivity contribution in [2.24, 2.45) is 0 Å². The van der Waals surface area contributed by atoms with Crippen LogP contribution in [0.5, 0.6) is 0 Å². The fourth-order valence-electron chi connectivity index (χ4n) is 1.54. The SMILES string of the molecule is CCC(C)NS(=O)(=O)c1ccc(C(=O)N[C@H](C)C(=O)O)cc1. The number of benzene rings is 1. The minimum atomic E-state index is -3.63. The maximum atomic E-state index is 12.1. The summed E-state index contributed by atoms with van der Waals surface area (Å²) in [6, 6.07) is 4.09. The first-order chi connectivity index (χ1) is 10.2. The number of carbonyl (C=O) groups excluding carboxylic acids is 1. The van der Waals surface area contributed by atoms with Crippen LogP contribution in [0.4, 0.5) is 0 Å². The van der Waals surface area contributed by atoms with Gasteiger partial charge in [-0.15, -0.1) is 0 Å². The van der Waals surface area contributed by atoms with Gasteiger partial charge in [0.25, 0.3) is 5.91 Å².